The molecule has 3 aromatic rings. The monoisotopic (exact) mass is 611 g/mol. The van der Waals surface area contributed by atoms with Crippen molar-refractivity contribution in [1.82, 2.24) is 19.8 Å². The summed E-state index contributed by atoms with van der Waals surface area (Å²) in [4.78, 5) is 42.6. The van der Waals surface area contributed by atoms with Gasteiger partial charge in [0, 0.05) is 76.7 Å². The number of fused-ring (bicyclic) bond motifs is 1. The van der Waals surface area contributed by atoms with Crippen LogP contribution in [0.3, 0.4) is 0 Å². The van der Waals surface area contributed by atoms with Crippen LogP contribution >= 0.6 is 0 Å². The SMILES string of the molecule is O=C(CC1CCOCC1)N1CCC2(CCCN(c3cnccn3)CCN(Cc3ccccc3)C(=O)c3ccccc3OC2)CC1. The quantitative estimate of drug-likeness (QED) is 0.391. The average molecular weight is 612 g/mol. The number of carbonyl (C=O) groups is 2. The summed E-state index contributed by atoms with van der Waals surface area (Å²) in [5, 5.41) is 0. The molecule has 9 nitrogen and oxygen atoms in total. The number of benzene rings is 2. The Labute approximate surface area is 266 Å². The molecule has 0 saturated carbocycles. The molecule has 2 amide bonds. The Morgan fingerprint density at radius 1 is 0.889 bits per heavy atom. The highest BCUT2D eigenvalue weighted by molar-refractivity contribution is 5.97. The topological polar surface area (TPSA) is 88.1 Å². The fourth-order valence-electron chi connectivity index (χ4n) is 6.93. The summed E-state index contributed by atoms with van der Waals surface area (Å²) in [7, 11) is 0. The number of hydrogen-bond donors (Lipinski definition) is 0. The van der Waals surface area contributed by atoms with Gasteiger partial charge in [0.1, 0.15) is 11.6 Å². The normalized spacial score (nSPS) is 20.0. The lowest BCUT2D eigenvalue weighted by Crippen LogP contribution is -2.46. The first-order valence-electron chi connectivity index (χ1n) is 16.5. The maximum Gasteiger partial charge on any atom is 0.257 e. The number of aromatic nitrogens is 2. The van der Waals surface area contributed by atoms with Gasteiger partial charge >= 0.3 is 0 Å². The van der Waals surface area contributed by atoms with E-state index in [-0.39, 0.29) is 17.2 Å². The molecule has 4 heterocycles. The van der Waals surface area contributed by atoms with E-state index in [0.717, 1.165) is 82.8 Å². The highest BCUT2D eigenvalue weighted by atomic mass is 16.5. The van der Waals surface area contributed by atoms with Gasteiger partial charge in [-0.05, 0) is 62.1 Å². The summed E-state index contributed by atoms with van der Waals surface area (Å²) in [5.74, 6) is 2.10. The number of likely N-dealkylation sites (tertiary alicyclic amines) is 1. The molecule has 0 aliphatic carbocycles. The number of para-hydroxylation sites is 1. The van der Waals surface area contributed by atoms with Crippen molar-refractivity contribution >= 4 is 17.6 Å². The van der Waals surface area contributed by atoms with Crippen LogP contribution in [0.5, 0.6) is 5.75 Å². The lowest BCUT2D eigenvalue weighted by molar-refractivity contribution is -0.135. The molecule has 0 bridgehead atoms. The first-order valence-corrected chi connectivity index (χ1v) is 16.5. The number of amides is 2. The van der Waals surface area contributed by atoms with Gasteiger partial charge in [0.2, 0.25) is 5.91 Å². The molecule has 2 saturated heterocycles. The lowest BCUT2D eigenvalue weighted by atomic mass is 9.75. The molecule has 0 unspecified atom stereocenters. The Kier molecular flexibility index (Phi) is 10.2. The van der Waals surface area contributed by atoms with E-state index in [4.69, 9.17) is 9.47 Å². The second-order valence-electron chi connectivity index (χ2n) is 12.8. The number of hydrogen-bond acceptors (Lipinski definition) is 7. The van der Waals surface area contributed by atoms with Crippen LogP contribution in [0, 0.1) is 11.3 Å². The zero-order chi connectivity index (χ0) is 30.9. The molecule has 3 aliphatic rings. The number of anilines is 1. The highest BCUT2D eigenvalue weighted by Crippen LogP contribution is 2.38. The van der Waals surface area contributed by atoms with Crippen molar-refractivity contribution in [3.8, 4) is 5.75 Å². The number of ether oxygens (including phenoxy) is 2. The number of carbonyl (C=O) groups excluding carboxylic acids is 2. The molecule has 1 aromatic heterocycles. The molecule has 3 aliphatic heterocycles. The first-order chi connectivity index (χ1) is 22.1. The van der Waals surface area contributed by atoms with Crippen LogP contribution in [0.4, 0.5) is 5.82 Å². The first kappa shape index (κ1) is 31.0. The molecule has 45 heavy (non-hydrogen) atoms. The van der Waals surface area contributed by atoms with Gasteiger partial charge < -0.3 is 24.2 Å². The van der Waals surface area contributed by atoms with Crippen molar-refractivity contribution in [3.05, 3.63) is 84.3 Å². The van der Waals surface area contributed by atoms with Gasteiger partial charge in [-0.3, -0.25) is 14.6 Å². The molecule has 9 heteroatoms. The largest absolute Gasteiger partial charge is 0.492 e. The maximum atomic E-state index is 14.2. The number of nitrogens with zero attached hydrogens (tertiary/aromatic N) is 5. The van der Waals surface area contributed by atoms with Crippen LogP contribution in [0.1, 0.15) is 60.9 Å². The maximum absolute atomic E-state index is 14.2. The van der Waals surface area contributed by atoms with Gasteiger partial charge in [-0.2, -0.15) is 0 Å². The minimum Gasteiger partial charge on any atom is -0.492 e. The van der Waals surface area contributed by atoms with Gasteiger partial charge in [-0.1, -0.05) is 42.5 Å². The van der Waals surface area contributed by atoms with Gasteiger partial charge in [0.25, 0.3) is 5.91 Å². The van der Waals surface area contributed by atoms with Crippen molar-refractivity contribution in [2.24, 2.45) is 11.3 Å². The van der Waals surface area contributed by atoms with Gasteiger partial charge in [0.15, 0.2) is 0 Å². The predicted octanol–water partition coefficient (Wildman–Crippen LogP) is 5.22. The molecular formula is C36H45N5O4. The summed E-state index contributed by atoms with van der Waals surface area (Å²) in [5.41, 5.74) is 1.58. The number of piperidine rings is 1. The van der Waals surface area contributed by atoms with E-state index in [1.165, 1.54) is 0 Å². The minimum absolute atomic E-state index is 0.0459. The average Bonchev–Trinajstić information content (AvgIpc) is 3.10. The van der Waals surface area contributed by atoms with Crippen LogP contribution < -0.4 is 9.64 Å². The Morgan fingerprint density at radius 2 is 1.67 bits per heavy atom. The van der Waals surface area contributed by atoms with Crippen LogP contribution in [0.15, 0.2) is 73.2 Å². The van der Waals surface area contributed by atoms with Crippen molar-refractivity contribution < 1.29 is 19.1 Å². The molecule has 2 aromatic carbocycles. The molecular weight excluding hydrogens is 566 g/mol. The van der Waals surface area contributed by atoms with E-state index < -0.39 is 0 Å². The van der Waals surface area contributed by atoms with Crippen molar-refractivity contribution in [1.29, 1.82) is 0 Å². The fraction of sp³-hybridized carbons (Fsp3) is 0.500. The summed E-state index contributed by atoms with van der Waals surface area (Å²) in [6.45, 7) is 6.00. The molecule has 1 spiro atoms. The van der Waals surface area contributed by atoms with E-state index in [1.54, 1.807) is 18.6 Å². The van der Waals surface area contributed by atoms with Crippen molar-refractivity contribution in [2.75, 3.05) is 57.4 Å². The minimum atomic E-state index is -0.0859. The van der Waals surface area contributed by atoms with Crippen LogP contribution in [0.2, 0.25) is 0 Å². The molecule has 0 radical (unpaired) electrons. The van der Waals surface area contributed by atoms with Gasteiger partial charge in [-0.15, -0.1) is 0 Å². The van der Waals surface area contributed by atoms with E-state index >= 15 is 0 Å². The highest BCUT2D eigenvalue weighted by Gasteiger charge is 2.37. The summed E-state index contributed by atoms with van der Waals surface area (Å²) >= 11 is 0. The van der Waals surface area contributed by atoms with E-state index in [2.05, 4.69) is 31.9 Å². The zero-order valence-electron chi connectivity index (χ0n) is 26.2. The summed E-state index contributed by atoms with van der Waals surface area (Å²) in [6.07, 6.45) is 11.5. The Balaban J connectivity index is 1.23. The van der Waals surface area contributed by atoms with E-state index in [0.29, 0.717) is 49.9 Å². The standard InChI is InChI=1S/C36H45N5O4/c42-34(25-29-11-23-44-24-12-29)40-19-14-36(15-20-40)13-6-18-39(33-26-37-16-17-38-33)21-22-41(27-30-7-2-1-3-8-30)35(43)31-9-4-5-10-32(31)45-28-36/h1-5,7-10,16-17,26,29H,6,11-15,18-25,27-28H2. The van der Waals surface area contributed by atoms with Crippen molar-refractivity contribution in [3.63, 3.8) is 0 Å². The molecule has 0 N–H and O–H groups in total. The van der Waals surface area contributed by atoms with Gasteiger partial charge in [-0.25, -0.2) is 4.98 Å². The number of rotatable bonds is 5. The van der Waals surface area contributed by atoms with E-state index in [1.807, 2.05) is 47.4 Å². The van der Waals surface area contributed by atoms with Crippen LogP contribution in [-0.4, -0.2) is 84.1 Å². The molecule has 2 fully saturated rings. The Hall–Kier alpha value is -3.98. The smallest absolute Gasteiger partial charge is 0.257 e. The third-order valence-electron chi connectivity index (χ3n) is 9.78. The van der Waals surface area contributed by atoms with Gasteiger partial charge in [0.05, 0.1) is 18.4 Å². The fourth-order valence-corrected chi connectivity index (χ4v) is 6.93. The summed E-state index contributed by atoms with van der Waals surface area (Å²) in [6, 6.07) is 17.8. The predicted molar refractivity (Wildman–Crippen MR) is 173 cm³/mol. The zero-order valence-corrected chi connectivity index (χ0v) is 26.2. The molecule has 6 rings (SSSR count). The lowest BCUT2D eigenvalue weighted by Gasteiger charge is -2.42. The van der Waals surface area contributed by atoms with E-state index in [9.17, 15) is 9.59 Å². The second-order valence-corrected chi connectivity index (χ2v) is 12.8. The van der Waals surface area contributed by atoms with Crippen molar-refractivity contribution in [2.45, 2.75) is 51.5 Å². The van der Waals surface area contributed by atoms with Crippen LogP contribution in [-0.2, 0) is 16.1 Å². The third-order valence-corrected chi connectivity index (χ3v) is 9.78. The Bertz CT molecular complexity index is 1390. The second kappa shape index (κ2) is 14.9. The summed E-state index contributed by atoms with van der Waals surface area (Å²) < 4.78 is 12.1. The van der Waals surface area contributed by atoms with Crippen LogP contribution in [0.25, 0.3) is 0 Å². The Morgan fingerprint density at radius 3 is 2.44 bits per heavy atom. The molecule has 0 atom stereocenters. The third kappa shape index (κ3) is 8.00. The molecule has 238 valence electrons.